The first kappa shape index (κ1) is 12.6. The molecule has 0 aliphatic carbocycles. The smallest absolute Gasteiger partial charge is 0.233 e. The van der Waals surface area contributed by atoms with Crippen molar-refractivity contribution in [2.24, 2.45) is 5.92 Å². The topological polar surface area (TPSA) is 20.3 Å². The van der Waals surface area contributed by atoms with E-state index in [9.17, 15) is 4.79 Å². The number of hydrogen-bond acceptors (Lipinski definition) is 2. The van der Waals surface area contributed by atoms with Gasteiger partial charge < -0.3 is 4.90 Å². The van der Waals surface area contributed by atoms with Gasteiger partial charge >= 0.3 is 0 Å². The third-order valence-electron chi connectivity index (χ3n) is 3.74. The summed E-state index contributed by atoms with van der Waals surface area (Å²) in [5, 5.41) is 2.04. The van der Waals surface area contributed by atoms with E-state index in [1.807, 2.05) is 30.2 Å². The van der Waals surface area contributed by atoms with Crippen LogP contribution in [0.4, 0.5) is 0 Å². The maximum atomic E-state index is 12.6. The number of likely N-dealkylation sites (tertiary alicyclic amines) is 1. The number of nitrogens with zero attached hydrogens (tertiary/aromatic N) is 1. The predicted octanol–water partition coefficient (Wildman–Crippen LogP) is 3.28. The van der Waals surface area contributed by atoms with Crippen LogP contribution >= 0.6 is 11.3 Å². The lowest BCUT2D eigenvalue weighted by molar-refractivity contribution is -0.137. The van der Waals surface area contributed by atoms with Crippen LogP contribution in [0.25, 0.3) is 0 Å². The average molecular weight is 251 g/mol. The molecule has 1 saturated heterocycles. The Labute approximate surface area is 108 Å². The van der Waals surface area contributed by atoms with Crippen molar-refractivity contribution in [3.63, 3.8) is 0 Å². The van der Waals surface area contributed by atoms with Crippen LogP contribution in [0, 0.1) is 5.92 Å². The van der Waals surface area contributed by atoms with Crippen LogP contribution in [0.5, 0.6) is 0 Å². The molecule has 0 bridgehead atoms. The summed E-state index contributed by atoms with van der Waals surface area (Å²) in [6, 6.07) is 4.09. The van der Waals surface area contributed by atoms with Gasteiger partial charge in [-0.2, -0.15) is 0 Å². The Kier molecular flexibility index (Phi) is 3.57. The summed E-state index contributed by atoms with van der Waals surface area (Å²) in [7, 11) is 0. The zero-order chi connectivity index (χ0) is 12.5. The van der Waals surface area contributed by atoms with Crippen molar-refractivity contribution < 1.29 is 4.79 Å². The Morgan fingerprint density at radius 1 is 1.41 bits per heavy atom. The largest absolute Gasteiger partial charge is 0.342 e. The molecular formula is C14H21NOS. The Morgan fingerprint density at radius 2 is 2.06 bits per heavy atom. The van der Waals surface area contributed by atoms with E-state index >= 15 is 0 Å². The van der Waals surface area contributed by atoms with Crippen LogP contribution in [0.15, 0.2) is 17.5 Å². The van der Waals surface area contributed by atoms with Crippen molar-refractivity contribution in [3.8, 4) is 0 Å². The summed E-state index contributed by atoms with van der Waals surface area (Å²) in [5.74, 6) is 1.05. The second kappa shape index (κ2) is 4.81. The molecule has 2 nitrogen and oxygen atoms in total. The van der Waals surface area contributed by atoms with Gasteiger partial charge in [-0.05, 0) is 44.1 Å². The van der Waals surface area contributed by atoms with Crippen LogP contribution in [-0.4, -0.2) is 23.9 Å². The Hall–Kier alpha value is -0.830. The van der Waals surface area contributed by atoms with Crippen molar-refractivity contribution in [2.75, 3.05) is 13.1 Å². The zero-order valence-corrected chi connectivity index (χ0v) is 11.7. The molecule has 1 aromatic rings. The van der Waals surface area contributed by atoms with Gasteiger partial charge in [0.05, 0.1) is 5.41 Å². The number of amides is 1. The fourth-order valence-electron chi connectivity index (χ4n) is 2.35. The van der Waals surface area contributed by atoms with E-state index in [4.69, 9.17) is 0 Å². The molecule has 0 N–H and O–H groups in total. The van der Waals surface area contributed by atoms with Gasteiger partial charge in [-0.1, -0.05) is 13.0 Å². The van der Waals surface area contributed by atoms with Gasteiger partial charge in [0.15, 0.2) is 0 Å². The molecule has 2 rings (SSSR count). The standard InChI is InChI=1S/C14H21NOS/c1-11-6-8-15(9-7-11)13(16)14(2,3)12-5-4-10-17-12/h4-5,10-11H,6-9H2,1-3H3. The lowest BCUT2D eigenvalue weighted by Gasteiger charge is -2.35. The highest BCUT2D eigenvalue weighted by Gasteiger charge is 2.35. The van der Waals surface area contributed by atoms with Gasteiger partial charge in [0.25, 0.3) is 0 Å². The summed E-state index contributed by atoms with van der Waals surface area (Å²) in [5.41, 5.74) is -0.366. The van der Waals surface area contributed by atoms with E-state index in [2.05, 4.69) is 13.0 Å². The van der Waals surface area contributed by atoms with Gasteiger partial charge in [0.1, 0.15) is 0 Å². The van der Waals surface area contributed by atoms with Crippen molar-refractivity contribution in [2.45, 2.75) is 39.0 Å². The molecule has 94 valence electrons. The Morgan fingerprint density at radius 3 is 2.59 bits per heavy atom. The SMILES string of the molecule is CC1CCN(C(=O)C(C)(C)c2cccs2)CC1. The Balaban J connectivity index is 2.09. The van der Waals surface area contributed by atoms with E-state index < -0.39 is 0 Å². The lowest BCUT2D eigenvalue weighted by atomic mass is 9.88. The quantitative estimate of drug-likeness (QED) is 0.790. The van der Waals surface area contributed by atoms with Gasteiger partial charge in [-0.25, -0.2) is 0 Å². The minimum atomic E-state index is -0.366. The van der Waals surface area contributed by atoms with Crippen LogP contribution < -0.4 is 0 Å². The minimum Gasteiger partial charge on any atom is -0.342 e. The average Bonchev–Trinajstić information content (AvgIpc) is 2.83. The molecule has 0 spiro atoms. The van der Waals surface area contributed by atoms with E-state index in [-0.39, 0.29) is 11.3 Å². The fraction of sp³-hybridized carbons (Fsp3) is 0.643. The molecule has 17 heavy (non-hydrogen) atoms. The maximum absolute atomic E-state index is 12.6. The van der Waals surface area contributed by atoms with Crippen molar-refractivity contribution >= 4 is 17.2 Å². The molecule has 1 aliphatic rings. The number of rotatable bonds is 2. The van der Waals surface area contributed by atoms with Crippen molar-refractivity contribution in [3.05, 3.63) is 22.4 Å². The highest BCUT2D eigenvalue weighted by molar-refractivity contribution is 7.10. The molecule has 0 radical (unpaired) electrons. The first-order valence-corrected chi connectivity index (χ1v) is 7.23. The third-order valence-corrected chi connectivity index (χ3v) is 4.94. The summed E-state index contributed by atoms with van der Waals surface area (Å²) in [6.45, 7) is 8.20. The molecular weight excluding hydrogens is 230 g/mol. The van der Waals surface area contributed by atoms with E-state index in [1.54, 1.807) is 11.3 Å². The fourth-order valence-corrected chi connectivity index (χ4v) is 3.19. The number of carbonyl (C=O) groups is 1. The van der Waals surface area contributed by atoms with Crippen LogP contribution in [0.1, 0.15) is 38.5 Å². The first-order valence-electron chi connectivity index (χ1n) is 6.35. The number of carbonyl (C=O) groups excluding carboxylic acids is 1. The number of piperidine rings is 1. The van der Waals surface area contributed by atoms with Crippen molar-refractivity contribution in [1.82, 2.24) is 4.90 Å². The Bertz CT molecular complexity index is 375. The molecule has 0 saturated carbocycles. The molecule has 2 heterocycles. The molecule has 0 atom stereocenters. The third kappa shape index (κ3) is 2.54. The molecule has 1 amide bonds. The molecule has 1 aliphatic heterocycles. The number of hydrogen-bond donors (Lipinski definition) is 0. The first-order chi connectivity index (χ1) is 8.01. The summed E-state index contributed by atoms with van der Waals surface area (Å²) >= 11 is 1.68. The minimum absolute atomic E-state index is 0.284. The van der Waals surface area contributed by atoms with Gasteiger partial charge in [0, 0.05) is 18.0 Å². The van der Waals surface area contributed by atoms with Crippen LogP contribution in [0.2, 0.25) is 0 Å². The summed E-state index contributed by atoms with van der Waals surface area (Å²) < 4.78 is 0. The van der Waals surface area contributed by atoms with E-state index in [0.29, 0.717) is 0 Å². The zero-order valence-electron chi connectivity index (χ0n) is 10.9. The lowest BCUT2D eigenvalue weighted by Crippen LogP contribution is -2.46. The molecule has 1 aromatic heterocycles. The predicted molar refractivity (Wildman–Crippen MR) is 72.3 cm³/mol. The molecule has 0 unspecified atom stereocenters. The van der Waals surface area contributed by atoms with Gasteiger partial charge in [0.2, 0.25) is 5.91 Å². The summed E-state index contributed by atoms with van der Waals surface area (Å²) in [4.78, 5) is 15.8. The molecule has 1 fully saturated rings. The second-order valence-electron chi connectivity index (χ2n) is 5.58. The van der Waals surface area contributed by atoms with E-state index in [1.165, 1.54) is 4.88 Å². The van der Waals surface area contributed by atoms with E-state index in [0.717, 1.165) is 31.8 Å². The van der Waals surface area contributed by atoms with Crippen LogP contribution in [0.3, 0.4) is 0 Å². The normalized spacial score (nSPS) is 18.4. The van der Waals surface area contributed by atoms with Gasteiger partial charge in [-0.15, -0.1) is 11.3 Å². The highest BCUT2D eigenvalue weighted by atomic mass is 32.1. The second-order valence-corrected chi connectivity index (χ2v) is 6.52. The highest BCUT2D eigenvalue weighted by Crippen LogP contribution is 2.31. The number of thiophene rings is 1. The van der Waals surface area contributed by atoms with Crippen molar-refractivity contribution in [1.29, 1.82) is 0 Å². The maximum Gasteiger partial charge on any atom is 0.233 e. The van der Waals surface area contributed by atoms with Gasteiger partial charge in [-0.3, -0.25) is 4.79 Å². The summed E-state index contributed by atoms with van der Waals surface area (Å²) in [6.07, 6.45) is 2.29. The molecule has 0 aromatic carbocycles. The molecule has 3 heteroatoms. The monoisotopic (exact) mass is 251 g/mol. The van der Waals surface area contributed by atoms with Crippen LogP contribution in [-0.2, 0) is 10.2 Å².